The van der Waals surface area contributed by atoms with Crippen molar-refractivity contribution in [3.63, 3.8) is 0 Å². The minimum atomic E-state index is -0.0304. The molecular formula is C14H14BrNO. The van der Waals surface area contributed by atoms with E-state index >= 15 is 0 Å². The normalized spacial score (nSPS) is 12.1. The first-order valence-corrected chi connectivity index (χ1v) is 6.23. The number of nitrogens with two attached hydrogens (primary N) is 1. The zero-order valence-electron chi connectivity index (χ0n) is 9.56. The van der Waals surface area contributed by atoms with E-state index in [1.807, 2.05) is 55.5 Å². The van der Waals surface area contributed by atoms with Crippen LogP contribution in [0.1, 0.15) is 18.6 Å². The van der Waals surface area contributed by atoms with E-state index in [9.17, 15) is 0 Å². The van der Waals surface area contributed by atoms with E-state index in [1.165, 1.54) is 0 Å². The van der Waals surface area contributed by atoms with E-state index in [4.69, 9.17) is 10.5 Å². The minimum absolute atomic E-state index is 0.0304. The quantitative estimate of drug-likeness (QED) is 0.862. The lowest BCUT2D eigenvalue weighted by molar-refractivity contribution is 0.225. The van der Waals surface area contributed by atoms with Gasteiger partial charge in [0.15, 0.2) is 0 Å². The molecule has 0 fully saturated rings. The number of hydrogen-bond acceptors (Lipinski definition) is 2. The molecule has 0 aliphatic heterocycles. The molecule has 1 unspecified atom stereocenters. The Balaban J connectivity index is 2.17. The highest BCUT2D eigenvalue weighted by atomic mass is 79.9. The lowest BCUT2D eigenvalue weighted by Crippen LogP contribution is -2.04. The summed E-state index contributed by atoms with van der Waals surface area (Å²) in [5.74, 6) is 0.836. The van der Waals surface area contributed by atoms with E-state index in [0.29, 0.717) is 0 Å². The first-order chi connectivity index (χ1) is 8.16. The molecule has 88 valence electrons. The van der Waals surface area contributed by atoms with Crippen LogP contribution in [0, 0.1) is 0 Å². The van der Waals surface area contributed by atoms with Gasteiger partial charge in [0.1, 0.15) is 11.9 Å². The predicted molar refractivity (Wildman–Crippen MR) is 74.0 cm³/mol. The summed E-state index contributed by atoms with van der Waals surface area (Å²) >= 11 is 3.46. The average molecular weight is 292 g/mol. The van der Waals surface area contributed by atoms with Crippen molar-refractivity contribution < 1.29 is 4.74 Å². The second-order valence-corrected chi connectivity index (χ2v) is 4.71. The van der Waals surface area contributed by atoms with Gasteiger partial charge in [0.25, 0.3) is 0 Å². The van der Waals surface area contributed by atoms with Gasteiger partial charge in [-0.15, -0.1) is 0 Å². The number of nitrogen functional groups attached to an aromatic ring is 1. The standard InChI is InChI=1S/C14H14BrNO/c1-10(11-5-4-6-12(16)9-11)17-14-8-3-2-7-13(14)15/h2-10H,16H2,1H3. The molecule has 0 radical (unpaired) electrons. The zero-order valence-corrected chi connectivity index (χ0v) is 11.1. The van der Waals surface area contributed by atoms with Crippen LogP contribution < -0.4 is 10.5 Å². The van der Waals surface area contributed by atoms with Crippen molar-refractivity contribution in [1.29, 1.82) is 0 Å². The summed E-state index contributed by atoms with van der Waals surface area (Å²) in [4.78, 5) is 0. The molecule has 2 N–H and O–H groups in total. The van der Waals surface area contributed by atoms with Gasteiger partial charge in [-0.3, -0.25) is 0 Å². The molecule has 0 amide bonds. The second-order valence-electron chi connectivity index (χ2n) is 3.86. The number of ether oxygens (including phenoxy) is 1. The summed E-state index contributed by atoms with van der Waals surface area (Å²) < 4.78 is 6.84. The summed E-state index contributed by atoms with van der Waals surface area (Å²) in [7, 11) is 0. The van der Waals surface area contributed by atoms with Crippen LogP contribution in [0.25, 0.3) is 0 Å². The highest BCUT2D eigenvalue weighted by Gasteiger charge is 2.09. The molecule has 17 heavy (non-hydrogen) atoms. The van der Waals surface area contributed by atoms with Gasteiger partial charge in [-0.2, -0.15) is 0 Å². The van der Waals surface area contributed by atoms with E-state index < -0.39 is 0 Å². The van der Waals surface area contributed by atoms with Crippen LogP contribution in [0.4, 0.5) is 5.69 Å². The first kappa shape index (κ1) is 12.0. The van der Waals surface area contributed by atoms with Crippen molar-refractivity contribution in [2.75, 3.05) is 5.73 Å². The Hall–Kier alpha value is -1.48. The van der Waals surface area contributed by atoms with Crippen molar-refractivity contribution in [3.8, 4) is 5.75 Å². The SMILES string of the molecule is CC(Oc1ccccc1Br)c1cccc(N)c1. The third kappa shape index (κ3) is 3.01. The zero-order chi connectivity index (χ0) is 12.3. The van der Waals surface area contributed by atoms with Gasteiger partial charge in [0.2, 0.25) is 0 Å². The van der Waals surface area contributed by atoms with Gasteiger partial charge in [0, 0.05) is 5.69 Å². The fourth-order valence-corrected chi connectivity index (χ4v) is 1.99. The molecule has 2 nitrogen and oxygen atoms in total. The van der Waals surface area contributed by atoms with Crippen LogP contribution in [0.3, 0.4) is 0 Å². The lowest BCUT2D eigenvalue weighted by atomic mass is 10.1. The van der Waals surface area contributed by atoms with Crippen LogP contribution in [-0.4, -0.2) is 0 Å². The molecule has 2 aromatic carbocycles. The molecule has 0 heterocycles. The molecule has 0 saturated heterocycles. The molecule has 1 atom stereocenters. The third-order valence-electron chi connectivity index (χ3n) is 2.52. The molecule has 2 rings (SSSR count). The van der Waals surface area contributed by atoms with Gasteiger partial charge >= 0.3 is 0 Å². The van der Waals surface area contributed by atoms with Gasteiger partial charge in [-0.05, 0) is 52.7 Å². The summed E-state index contributed by atoms with van der Waals surface area (Å²) in [6, 6.07) is 15.6. The molecule has 3 heteroatoms. The maximum Gasteiger partial charge on any atom is 0.134 e. The first-order valence-electron chi connectivity index (χ1n) is 5.43. The number of halogens is 1. The van der Waals surface area contributed by atoms with Crippen LogP contribution in [0.15, 0.2) is 53.0 Å². The van der Waals surface area contributed by atoms with Crippen LogP contribution >= 0.6 is 15.9 Å². The molecule has 0 bridgehead atoms. The largest absolute Gasteiger partial charge is 0.485 e. The van der Waals surface area contributed by atoms with Crippen LogP contribution in [-0.2, 0) is 0 Å². The Morgan fingerprint density at radius 2 is 1.88 bits per heavy atom. The maximum atomic E-state index is 5.88. The molecule has 0 aromatic heterocycles. The fraction of sp³-hybridized carbons (Fsp3) is 0.143. The van der Waals surface area contributed by atoms with Crippen molar-refractivity contribution in [2.45, 2.75) is 13.0 Å². The smallest absolute Gasteiger partial charge is 0.134 e. The Kier molecular flexibility index (Phi) is 3.69. The van der Waals surface area contributed by atoms with Gasteiger partial charge in [-0.1, -0.05) is 24.3 Å². The number of hydrogen-bond donors (Lipinski definition) is 1. The minimum Gasteiger partial charge on any atom is -0.485 e. The fourth-order valence-electron chi connectivity index (χ4n) is 1.61. The van der Waals surface area contributed by atoms with Crippen molar-refractivity contribution in [3.05, 3.63) is 58.6 Å². The second kappa shape index (κ2) is 5.23. The van der Waals surface area contributed by atoms with E-state index in [-0.39, 0.29) is 6.10 Å². The summed E-state index contributed by atoms with van der Waals surface area (Å²) in [5, 5.41) is 0. The molecular weight excluding hydrogens is 278 g/mol. The maximum absolute atomic E-state index is 5.88. The van der Waals surface area contributed by atoms with Gasteiger partial charge in [0.05, 0.1) is 4.47 Å². The molecule has 0 spiro atoms. The van der Waals surface area contributed by atoms with E-state index in [1.54, 1.807) is 0 Å². The Morgan fingerprint density at radius 1 is 1.12 bits per heavy atom. The monoisotopic (exact) mass is 291 g/mol. The average Bonchev–Trinajstić information content (AvgIpc) is 2.32. The number of rotatable bonds is 3. The van der Waals surface area contributed by atoms with Crippen LogP contribution in [0.2, 0.25) is 0 Å². The summed E-state index contributed by atoms with van der Waals surface area (Å²) in [6.45, 7) is 2.01. The van der Waals surface area contributed by atoms with Gasteiger partial charge < -0.3 is 10.5 Å². The highest BCUT2D eigenvalue weighted by Crippen LogP contribution is 2.29. The Morgan fingerprint density at radius 3 is 2.59 bits per heavy atom. The van der Waals surface area contributed by atoms with Crippen LogP contribution in [0.5, 0.6) is 5.75 Å². The molecule has 0 aliphatic carbocycles. The summed E-state index contributed by atoms with van der Waals surface area (Å²) in [5.41, 5.74) is 7.58. The van der Waals surface area contributed by atoms with E-state index in [2.05, 4.69) is 15.9 Å². The third-order valence-corrected chi connectivity index (χ3v) is 3.18. The Labute approximate surface area is 110 Å². The molecule has 2 aromatic rings. The predicted octanol–water partition coefficient (Wildman–Crippen LogP) is 4.17. The number of para-hydroxylation sites is 1. The van der Waals surface area contributed by atoms with Crippen molar-refractivity contribution in [1.82, 2.24) is 0 Å². The topological polar surface area (TPSA) is 35.2 Å². The molecule has 0 aliphatic rings. The lowest BCUT2D eigenvalue weighted by Gasteiger charge is -2.16. The van der Waals surface area contributed by atoms with Gasteiger partial charge in [-0.25, -0.2) is 0 Å². The van der Waals surface area contributed by atoms with E-state index in [0.717, 1.165) is 21.5 Å². The number of anilines is 1. The van der Waals surface area contributed by atoms with Crippen molar-refractivity contribution >= 4 is 21.6 Å². The Bertz CT molecular complexity index is 513. The molecule has 0 saturated carbocycles. The highest BCUT2D eigenvalue weighted by molar-refractivity contribution is 9.10. The number of benzene rings is 2. The summed E-state index contributed by atoms with van der Waals surface area (Å²) in [6.07, 6.45) is -0.0304. The van der Waals surface area contributed by atoms with Crippen molar-refractivity contribution in [2.24, 2.45) is 0 Å².